The Kier molecular flexibility index (Phi) is 2.59. The van der Waals surface area contributed by atoms with Crippen molar-refractivity contribution in [1.29, 1.82) is 0 Å². The van der Waals surface area contributed by atoms with Crippen molar-refractivity contribution in [3.63, 3.8) is 0 Å². The number of fused-ring (bicyclic) bond motifs is 1. The van der Waals surface area contributed by atoms with Crippen LogP contribution in [-0.4, -0.2) is 14.6 Å². The minimum Gasteiger partial charge on any atom is -0.226 e. The first-order chi connectivity index (χ1) is 8.08. The third kappa shape index (κ3) is 1.83. The standard InChI is InChI=1S/C10H7BrClF2N3/c11-7-8(4-1-2-4)16-17-6(12)3-5(9(13)14)15-10(7)17/h3-4,9H,1-2H2. The summed E-state index contributed by atoms with van der Waals surface area (Å²) in [7, 11) is 0. The van der Waals surface area contributed by atoms with Gasteiger partial charge in [-0.25, -0.2) is 18.3 Å². The molecule has 1 saturated carbocycles. The second kappa shape index (κ2) is 3.88. The minimum atomic E-state index is -2.64. The van der Waals surface area contributed by atoms with E-state index in [-0.39, 0.29) is 10.8 Å². The normalized spacial score (nSPS) is 16.1. The summed E-state index contributed by atoms with van der Waals surface area (Å²) in [5.74, 6) is 0.400. The largest absolute Gasteiger partial charge is 0.280 e. The smallest absolute Gasteiger partial charge is 0.226 e. The molecule has 2 heterocycles. The second-order valence-electron chi connectivity index (χ2n) is 4.01. The molecule has 0 aromatic carbocycles. The molecule has 17 heavy (non-hydrogen) atoms. The quantitative estimate of drug-likeness (QED) is 0.783. The molecule has 0 N–H and O–H groups in total. The number of hydrogen-bond donors (Lipinski definition) is 0. The van der Waals surface area contributed by atoms with Crippen molar-refractivity contribution in [1.82, 2.24) is 14.6 Å². The van der Waals surface area contributed by atoms with Crippen molar-refractivity contribution in [2.45, 2.75) is 25.2 Å². The number of aromatic nitrogens is 3. The lowest BCUT2D eigenvalue weighted by atomic mass is 10.3. The molecule has 0 amide bonds. The molecule has 1 aliphatic carbocycles. The Morgan fingerprint density at radius 2 is 2.18 bits per heavy atom. The van der Waals surface area contributed by atoms with Gasteiger partial charge in [0.25, 0.3) is 6.43 Å². The van der Waals surface area contributed by atoms with Gasteiger partial charge in [-0.3, -0.25) is 0 Å². The molecular formula is C10H7BrClF2N3. The van der Waals surface area contributed by atoms with Crippen LogP contribution in [0.3, 0.4) is 0 Å². The SMILES string of the molecule is FC(F)c1cc(Cl)n2nc(C3CC3)c(Br)c2n1. The highest BCUT2D eigenvalue weighted by molar-refractivity contribution is 9.10. The summed E-state index contributed by atoms with van der Waals surface area (Å²) >= 11 is 9.28. The molecule has 3 rings (SSSR count). The summed E-state index contributed by atoms with van der Waals surface area (Å²) in [5.41, 5.74) is 0.881. The zero-order valence-corrected chi connectivity index (χ0v) is 10.8. The van der Waals surface area contributed by atoms with Crippen molar-refractivity contribution in [2.75, 3.05) is 0 Å². The zero-order chi connectivity index (χ0) is 12.2. The average Bonchev–Trinajstić information content (AvgIpc) is 3.05. The molecule has 0 radical (unpaired) electrons. The van der Waals surface area contributed by atoms with Crippen molar-refractivity contribution in [3.05, 3.63) is 27.1 Å². The van der Waals surface area contributed by atoms with Gasteiger partial charge in [0.05, 0.1) is 10.2 Å². The van der Waals surface area contributed by atoms with Crippen LogP contribution in [0.25, 0.3) is 5.65 Å². The molecule has 0 spiro atoms. The summed E-state index contributed by atoms with van der Waals surface area (Å²) in [6.07, 6.45) is -0.493. The van der Waals surface area contributed by atoms with E-state index in [1.54, 1.807) is 0 Å². The maximum atomic E-state index is 12.6. The van der Waals surface area contributed by atoms with Crippen molar-refractivity contribution in [3.8, 4) is 0 Å². The van der Waals surface area contributed by atoms with Crippen LogP contribution in [0.15, 0.2) is 10.5 Å². The fourth-order valence-corrected chi connectivity index (χ4v) is 2.61. The van der Waals surface area contributed by atoms with Gasteiger partial charge in [-0.15, -0.1) is 0 Å². The highest BCUT2D eigenvalue weighted by Crippen LogP contribution is 2.43. The van der Waals surface area contributed by atoms with Gasteiger partial charge in [0, 0.05) is 12.0 Å². The molecule has 90 valence electrons. The molecule has 2 aromatic heterocycles. The van der Waals surface area contributed by atoms with Crippen molar-refractivity contribution < 1.29 is 8.78 Å². The lowest BCUT2D eigenvalue weighted by Gasteiger charge is -2.01. The van der Waals surface area contributed by atoms with Crippen LogP contribution >= 0.6 is 27.5 Å². The van der Waals surface area contributed by atoms with Crippen LogP contribution in [0, 0.1) is 0 Å². The van der Waals surface area contributed by atoms with Gasteiger partial charge in [-0.1, -0.05) is 11.6 Å². The van der Waals surface area contributed by atoms with Gasteiger partial charge >= 0.3 is 0 Å². The summed E-state index contributed by atoms with van der Waals surface area (Å²) in [6, 6.07) is 1.15. The van der Waals surface area contributed by atoms with E-state index in [9.17, 15) is 8.78 Å². The highest BCUT2D eigenvalue weighted by atomic mass is 79.9. The van der Waals surface area contributed by atoms with Crippen molar-refractivity contribution >= 4 is 33.2 Å². The van der Waals surface area contributed by atoms with E-state index < -0.39 is 6.43 Å². The number of hydrogen-bond acceptors (Lipinski definition) is 2. The Labute approximate surface area is 109 Å². The fourth-order valence-electron chi connectivity index (χ4n) is 1.72. The lowest BCUT2D eigenvalue weighted by Crippen LogP contribution is -1.97. The van der Waals surface area contributed by atoms with E-state index in [0.29, 0.717) is 16.0 Å². The van der Waals surface area contributed by atoms with Crippen LogP contribution in [0.2, 0.25) is 5.15 Å². The van der Waals surface area contributed by atoms with Gasteiger partial charge in [0.2, 0.25) is 0 Å². The Hall–Kier alpha value is -0.750. The first-order valence-electron chi connectivity index (χ1n) is 5.10. The summed E-state index contributed by atoms with van der Waals surface area (Å²) in [5, 5.41) is 4.46. The van der Waals surface area contributed by atoms with Gasteiger partial charge < -0.3 is 0 Å². The predicted octanol–water partition coefficient (Wildman–Crippen LogP) is 3.96. The van der Waals surface area contributed by atoms with E-state index in [2.05, 4.69) is 26.0 Å². The summed E-state index contributed by atoms with van der Waals surface area (Å²) in [6.45, 7) is 0. The summed E-state index contributed by atoms with van der Waals surface area (Å²) in [4.78, 5) is 3.89. The third-order valence-electron chi connectivity index (χ3n) is 2.72. The highest BCUT2D eigenvalue weighted by Gasteiger charge is 2.30. The van der Waals surface area contributed by atoms with E-state index >= 15 is 0 Å². The molecule has 7 heteroatoms. The molecule has 3 nitrogen and oxygen atoms in total. The van der Waals surface area contributed by atoms with E-state index in [1.165, 1.54) is 4.52 Å². The Balaban J connectivity index is 2.25. The van der Waals surface area contributed by atoms with Crippen LogP contribution < -0.4 is 0 Å². The fraction of sp³-hybridized carbons (Fsp3) is 0.400. The Morgan fingerprint density at radius 1 is 1.47 bits per heavy atom. The number of rotatable bonds is 2. The summed E-state index contributed by atoms with van der Waals surface area (Å²) < 4.78 is 27.3. The molecular weight excluding hydrogens is 315 g/mol. The van der Waals surface area contributed by atoms with Crippen LogP contribution in [0.5, 0.6) is 0 Å². The number of alkyl halides is 2. The van der Waals surface area contributed by atoms with Crippen LogP contribution in [-0.2, 0) is 0 Å². The minimum absolute atomic E-state index is 0.151. The third-order valence-corrected chi connectivity index (χ3v) is 3.75. The Bertz CT molecular complexity index is 595. The lowest BCUT2D eigenvalue weighted by molar-refractivity contribution is 0.146. The monoisotopic (exact) mass is 321 g/mol. The first kappa shape index (κ1) is 11.3. The molecule has 1 aliphatic rings. The van der Waals surface area contributed by atoms with E-state index in [4.69, 9.17) is 11.6 Å². The van der Waals surface area contributed by atoms with Crippen molar-refractivity contribution in [2.24, 2.45) is 0 Å². The van der Waals surface area contributed by atoms with Crippen LogP contribution in [0.1, 0.15) is 36.6 Å². The second-order valence-corrected chi connectivity index (χ2v) is 5.19. The molecule has 2 aromatic rings. The first-order valence-corrected chi connectivity index (χ1v) is 6.27. The van der Waals surface area contributed by atoms with Gasteiger partial charge in [0.1, 0.15) is 10.8 Å². The number of halogens is 4. The Morgan fingerprint density at radius 3 is 2.76 bits per heavy atom. The number of nitrogens with zero attached hydrogens (tertiary/aromatic N) is 3. The van der Waals surface area contributed by atoms with Gasteiger partial charge in [0.15, 0.2) is 5.65 Å². The molecule has 0 aliphatic heterocycles. The van der Waals surface area contributed by atoms with Gasteiger partial charge in [-0.2, -0.15) is 5.10 Å². The maximum absolute atomic E-state index is 12.6. The molecule has 0 bridgehead atoms. The zero-order valence-electron chi connectivity index (χ0n) is 8.50. The molecule has 1 fully saturated rings. The molecule has 0 unspecified atom stereocenters. The van der Waals surface area contributed by atoms with E-state index in [1.807, 2.05) is 0 Å². The van der Waals surface area contributed by atoms with E-state index in [0.717, 1.165) is 24.6 Å². The van der Waals surface area contributed by atoms with Crippen LogP contribution in [0.4, 0.5) is 8.78 Å². The topological polar surface area (TPSA) is 30.2 Å². The predicted molar refractivity (Wildman–Crippen MR) is 62.6 cm³/mol. The van der Waals surface area contributed by atoms with Gasteiger partial charge in [-0.05, 0) is 28.8 Å². The average molecular weight is 323 g/mol. The molecule has 0 saturated heterocycles. The maximum Gasteiger partial charge on any atom is 0.280 e. The molecule has 0 atom stereocenters.